The van der Waals surface area contributed by atoms with E-state index in [2.05, 4.69) is 76.1 Å². The van der Waals surface area contributed by atoms with Crippen molar-refractivity contribution in [1.29, 1.82) is 0 Å². The zero-order chi connectivity index (χ0) is 24.8. The van der Waals surface area contributed by atoms with E-state index in [0.29, 0.717) is 34.5 Å². The van der Waals surface area contributed by atoms with Gasteiger partial charge in [0.25, 0.3) is 5.91 Å². The third kappa shape index (κ3) is 3.57. The van der Waals surface area contributed by atoms with Crippen LogP contribution in [0.15, 0.2) is 48.9 Å². The third-order valence-electron chi connectivity index (χ3n) is 7.58. The Morgan fingerprint density at radius 3 is 2.24 bits per heavy atom. The molecule has 3 aromatic heterocycles. The molecule has 3 aromatic rings. The normalized spacial score (nSPS) is 14.1. The van der Waals surface area contributed by atoms with Gasteiger partial charge in [-0.3, -0.25) is 4.79 Å². The van der Waals surface area contributed by atoms with Crippen LogP contribution in [0.2, 0.25) is 16.6 Å². The van der Waals surface area contributed by atoms with Gasteiger partial charge in [-0.1, -0.05) is 41.5 Å². The van der Waals surface area contributed by atoms with E-state index in [9.17, 15) is 4.79 Å². The summed E-state index contributed by atoms with van der Waals surface area (Å²) >= 11 is 0. The van der Waals surface area contributed by atoms with Gasteiger partial charge in [0.05, 0.1) is 16.9 Å². The topological polar surface area (TPSA) is 54.3 Å². The maximum atomic E-state index is 13.2. The Bertz CT molecular complexity index is 1180. The van der Waals surface area contributed by atoms with Crippen LogP contribution in [-0.2, 0) is 0 Å². The lowest BCUT2D eigenvalue weighted by atomic mass is 10.2. The summed E-state index contributed by atoms with van der Waals surface area (Å²) in [5.41, 5.74) is 5.26. The van der Waals surface area contributed by atoms with Crippen molar-refractivity contribution in [2.75, 3.05) is 23.4 Å². The minimum atomic E-state index is -1.82. The minimum absolute atomic E-state index is 0.0670. The lowest BCUT2D eigenvalue weighted by Gasteiger charge is -2.44. The number of anilines is 3. The molecule has 0 aliphatic carbocycles. The van der Waals surface area contributed by atoms with E-state index < -0.39 is 8.24 Å². The Balaban J connectivity index is 1.85. The Hall–Kier alpha value is -2.93. The molecular weight excluding hydrogens is 438 g/mol. The number of carbonyl (C=O) groups excluding carboxylic acids is 1. The molecule has 1 amide bonds. The fourth-order valence-corrected chi connectivity index (χ4v) is 12.7. The molecule has 1 aliphatic heterocycles. The number of carbonyl (C=O) groups is 1. The van der Waals surface area contributed by atoms with Crippen LogP contribution in [0.5, 0.6) is 0 Å². The predicted octanol–water partition coefficient (Wildman–Crippen LogP) is 6.72. The highest BCUT2D eigenvalue weighted by Gasteiger charge is 2.45. The van der Waals surface area contributed by atoms with Gasteiger partial charge in [-0.05, 0) is 60.1 Å². The number of hydrogen-bond acceptors (Lipinski definition) is 4. The lowest BCUT2D eigenvalue weighted by molar-refractivity contribution is 0.0994. The quantitative estimate of drug-likeness (QED) is 0.372. The fraction of sp³-hybridized carbons (Fsp3) is 0.444. The number of aromatic nitrogens is 3. The van der Waals surface area contributed by atoms with E-state index in [4.69, 9.17) is 4.98 Å². The van der Waals surface area contributed by atoms with Gasteiger partial charge in [-0.15, -0.1) is 0 Å². The first-order chi connectivity index (χ1) is 16.1. The highest BCUT2D eigenvalue weighted by Crippen LogP contribution is 2.44. The van der Waals surface area contributed by atoms with Gasteiger partial charge in [0, 0.05) is 31.5 Å². The molecule has 1 aliphatic rings. The first kappa shape index (κ1) is 24.2. The summed E-state index contributed by atoms with van der Waals surface area (Å²) in [6.07, 6.45) is 6.30. The van der Waals surface area contributed by atoms with Gasteiger partial charge in [0.1, 0.15) is 5.82 Å². The van der Waals surface area contributed by atoms with Crippen LogP contribution < -0.4 is 9.80 Å². The van der Waals surface area contributed by atoms with Gasteiger partial charge in [0.15, 0.2) is 14.1 Å². The summed E-state index contributed by atoms with van der Waals surface area (Å²) in [5, 5.41) is 0. The molecule has 7 heteroatoms. The van der Waals surface area contributed by atoms with Crippen LogP contribution in [-0.4, -0.2) is 41.9 Å². The second kappa shape index (κ2) is 9.02. The largest absolute Gasteiger partial charge is 0.379 e. The van der Waals surface area contributed by atoms with Crippen LogP contribution in [0.25, 0.3) is 11.3 Å². The smallest absolute Gasteiger partial charge is 0.261 e. The van der Waals surface area contributed by atoms with Gasteiger partial charge in [-0.25, -0.2) is 9.97 Å². The number of fused-ring (bicyclic) bond motifs is 2. The van der Waals surface area contributed by atoms with E-state index in [0.717, 1.165) is 22.8 Å². The fourth-order valence-electron chi connectivity index (χ4n) is 6.21. The number of amides is 1. The van der Waals surface area contributed by atoms with E-state index in [-0.39, 0.29) is 5.91 Å². The Morgan fingerprint density at radius 2 is 1.62 bits per heavy atom. The van der Waals surface area contributed by atoms with Gasteiger partial charge in [0.2, 0.25) is 0 Å². The van der Waals surface area contributed by atoms with Crippen LogP contribution >= 0.6 is 0 Å². The lowest BCUT2D eigenvalue weighted by Crippen LogP contribution is -2.51. The summed E-state index contributed by atoms with van der Waals surface area (Å²) in [6.45, 7) is 17.0. The molecule has 0 N–H and O–H groups in total. The molecule has 0 radical (unpaired) electrons. The molecule has 0 fully saturated rings. The minimum Gasteiger partial charge on any atom is -0.379 e. The second-order valence-corrected chi connectivity index (χ2v) is 15.9. The monoisotopic (exact) mass is 475 g/mol. The summed E-state index contributed by atoms with van der Waals surface area (Å²) in [6, 6.07) is 9.88. The van der Waals surface area contributed by atoms with Gasteiger partial charge < -0.3 is 14.0 Å². The molecule has 0 atom stereocenters. The van der Waals surface area contributed by atoms with Crippen LogP contribution in [0.4, 0.5) is 17.3 Å². The van der Waals surface area contributed by atoms with Crippen LogP contribution in [0.1, 0.15) is 58.8 Å². The predicted molar refractivity (Wildman–Crippen MR) is 144 cm³/mol. The molecule has 0 aromatic carbocycles. The summed E-state index contributed by atoms with van der Waals surface area (Å²) in [5.74, 6) is 1.36. The Labute approximate surface area is 204 Å². The summed E-state index contributed by atoms with van der Waals surface area (Å²) in [7, 11) is -0.0163. The SMILES string of the molecule is CCN1c2ncccc2C(=O)N(C)c2ccc(-c3ccn([Si](C(C)C)(C(C)C)C(C)C)c3)nc21. The molecule has 0 saturated carbocycles. The van der Waals surface area contributed by atoms with E-state index in [1.807, 2.05) is 36.2 Å². The van der Waals surface area contributed by atoms with Crippen molar-refractivity contribution < 1.29 is 4.79 Å². The first-order valence-electron chi connectivity index (χ1n) is 12.3. The molecule has 6 nitrogen and oxygen atoms in total. The number of nitrogens with zero attached hydrogens (tertiary/aromatic N) is 5. The standard InChI is InChI=1S/C27H37N5OSi/c1-9-32-25-22(11-10-15-28-25)27(33)30(8)24-13-12-23(29-26(24)32)21-14-16-31(17-21)34(18(2)3,19(4)5)20(6)7/h10-20H,9H2,1-8H3. The van der Waals surface area contributed by atoms with Crippen LogP contribution in [0.3, 0.4) is 0 Å². The number of rotatable bonds is 6. The first-order valence-corrected chi connectivity index (χ1v) is 14.5. The van der Waals surface area contributed by atoms with Gasteiger partial charge >= 0.3 is 0 Å². The van der Waals surface area contributed by atoms with E-state index in [1.165, 1.54) is 0 Å². The molecular formula is C27H37N5OSi. The maximum absolute atomic E-state index is 13.2. The molecule has 0 spiro atoms. The highest BCUT2D eigenvalue weighted by molar-refractivity contribution is 6.82. The zero-order valence-corrected chi connectivity index (χ0v) is 22.7. The van der Waals surface area contributed by atoms with Crippen molar-refractivity contribution in [3.63, 3.8) is 0 Å². The van der Waals surface area contributed by atoms with Crippen molar-refractivity contribution in [2.24, 2.45) is 0 Å². The molecule has 180 valence electrons. The number of hydrogen-bond donors (Lipinski definition) is 0. The average molecular weight is 476 g/mol. The van der Waals surface area contributed by atoms with Gasteiger partial charge in [-0.2, -0.15) is 0 Å². The molecule has 0 unspecified atom stereocenters. The Morgan fingerprint density at radius 1 is 0.941 bits per heavy atom. The molecule has 4 rings (SSSR count). The number of pyridine rings is 2. The second-order valence-electron chi connectivity index (χ2n) is 10.2. The molecule has 0 bridgehead atoms. The molecule has 0 saturated heterocycles. The van der Waals surface area contributed by atoms with Crippen molar-refractivity contribution in [3.05, 3.63) is 54.5 Å². The summed E-state index contributed by atoms with van der Waals surface area (Å²) in [4.78, 5) is 26.5. The van der Waals surface area contributed by atoms with Crippen molar-refractivity contribution in [1.82, 2.24) is 14.2 Å². The Kier molecular flexibility index (Phi) is 6.42. The molecule has 4 heterocycles. The highest BCUT2D eigenvalue weighted by atomic mass is 28.3. The third-order valence-corrected chi connectivity index (χ3v) is 14.3. The summed E-state index contributed by atoms with van der Waals surface area (Å²) < 4.78 is 2.54. The average Bonchev–Trinajstić information content (AvgIpc) is 3.26. The van der Waals surface area contributed by atoms with Crippen molar-refractivity contribution >= 4 is 31.5 Å². The maximum Gasteiger partial charge on any atom is 0.261 e. The van der Waals surface area contributed by atoms with Crippen molar-refractivity contribution in [2.45, 2.75) is 65.1 Å². The van der Waals surface area contributed by atoms with E-state index >= 15 is 0 Å². The zero-order valence-electron chi connectivity index (χ0n) is 21.7. The van der Waals surface area contributed by atoms with Crippen molar-refractivity contribution in [3.8, 4) is 11.3 Å². The van der Waals surface area contributed by atoms with Crippen LogP contribution in [0, 0.1) is 0 Å². The van der Waals surface area contributed by atoms with E-state index in [1.54, 1.807) is 11.1 Å². The molecule has 34 heavy (non-hydrogen) atoms.